The van der Waals surface area contributed by atoms with Crippen molar-refractivity contribution in [1.29, 1.82) is 0 Å². The molecule has 4 saturated carbocycles. The van der Waals surface area contributed by atoms with Gasteiger partial charge in [0.15, 0.2) is 0 Å². The predicted octanol–water partition coefficient (Wildman–Crippen LogP) is 8.41. The van der Waals surface area contributed by atoms with Crippen molar-refractivity contribution in [1.82, 2.24) is 0 Å². The third-order valence-corrected chi connectivity index (χ3v) is 13.8. The number of ether oxygens (including phenoxy) is 1. The number of hydrogen-bond acceptors (Lipinski definition) is 4. The van der Waals surface area contributed by atoms with Gasteiger partial charge in [-0.3, -0.25) is 0 Å². The number of benzene rings is 1. The van der Waals surface area contributed by atoms with Crippen molar-refractivity contribution in [2.75, 3.05) is 7.11 Å². The summed E-state index contributed by atoms with van der Waals surface area (Å²) < 4.78 is 4.92. The van der Waals surface area contributed by atoms with E-state index in [9.17, 15) is 9.59 Å². The van der Waals surface area contributed by atoms with Crippen LogP contribution in [-0.2, 0) is 9.53 Å². The lowest BCUT2D eigenvalue weighted by Crippen LogP contribution is -2.65. The molecule has 0 saturated heterocycles. The van der Waals surface area contributed by atoms with Crippen LogP contribution in [0.25, 0.3) is 5.57 Å². The molecule has 1 aromatic rings. The van der Waals surface area contributed by atoms with Crippen LogP contribution in [0.1, 0.15) is 115 Å². The maximum Gasteiger partial charge on any atom is 0.337 e. The van der Waals surface area contributed by atoms with Gasteiger partial charge in [-0.2, -0.15) is 4.99 Å². The third-order valence-electron chi connectivity index (χ3n) is 13.8. The molecule has 39 heavy (non-hydrogen) atoms. The minimum absolute atomic E-state index is 0.0602. The molecule has 4 heteroatoms. The highest BCUT2D eigenvalue weighted by Gasteiger charge is 2.69. The lowest BCUT2D eigenvalue weighted by molar-refractivity contribution is -0.214. The quantitative estimate of drug-likeness (QED) is 0.224. The molecule has 4 nitrogen and oxygen atoms in total. The molecule has 5 aliphatic rings. The molecule has 0 amide bonds. The van der Waals surface area contributed by atoms with Crippen molar-refractivity contribution in [2.24, 2.45) is 50.3 Å². The van der Waals surface area contributed by atoms with Crippen LogP contribution in [-0.4, -0.2) is 24.7 Å². The van der Waals surface area contributed by atoms with Gasteiger partial charge in [0.2, 0.25) is 6.08 Å². The number of fused-ring (bicyclic) bond motifs is 7. The minimum Gasteiger partial charge on any atom is -0.465 e. The summed E-state index contributed by atoms with van der Waals surface area (Å²) in [6.45, 7) is 12.9. The maximum absolute atomic E-state index is 12.0. The van der Waals surface area contributed by atoms with E-state index in [2.05, 4.69) is 57.8 Å². The summed E-state index contributed by atoms with van der Waals surface area (Å²) in [6, 6.07) is 8.04. The molecule has 0 radical (unpaired) electrons. The Morgan fingerprint density at radius 2 is 1.62 bits per heavy atom. The van der Waals surface area contributed by atoms with Gasteiger partial charge in [-0.05, 0) is 126 Å². The van der Waals surface area contributed by atoms with Crippen molar-refractivity contribution >= 4 is 17.6 Å². The van der Waals surface area contributed by atoms with Gasteiger partial charge < -0.3 is 4.74 Å². The molecule has 0 N–H and O–H groups in total. The number of esters is 1. The number of carbonyl (C=O) groups is 1. The summed E-state index contributed by atoms with van der Waals surface area (Å²) in [5.41, 5.74) is 4.10. The Bertz CT molecular complexity index is 1240. The fourth-order valence-electron chi connectivity index (χ4n) is 11.8. The number of aliphatic imine (C=N–C) groups is 1. The summed E-state index contributed by atoms with van der Waals surface area (Å²) in [6.07, 6.45) is 16.6. The summed E-state index contributed by atoms with van der Waals surface area (Å²) in [5, 5.41) is 0. The standard InChI is InChI=1S/C35H47NO3/c1-31(2)25(23-9-11-24(12-10-23)30(38)39-6)15-18-32(3)28(31)16-19-34(5)29(32)14-13-26-27-8-7-17-35(27,36-22-37)21-20-33(26,34)4/h9-12,15,26-29H,7-8,13-14,16-21H2,1-6H3/t26?,27?,28?,29?,32?,33-,34?,35?/m1/s1. The molecule has 4 fully saturated rings. The average Bonchev–Trinajstić information content (AvgIpc) is 3.32. The highest BCUT2D eigenvalue weighted by molar-refractivity contribution is 5.89. The maximum atomic E-state index is 12.0. The zero-order chi connectivity index (χ0) is 27.8. The molecule has 6 rings (SSSR count). The highest BCUT2D eigenvalue weighted by atomic mass is 16.5. The van der Waals surface area contributed by atoms with Crippen LogP contribution in [0.5, 0.6) is 0 Å². The van der Waals surface area contributed by atoms with Crippen molar-refractivity contribution in [3.63, 3.8) is 0 Å². The fraction of sp³-hybridized carbons (Fsp3) is 0.714. The first-order valence-corrected chi connectivity index (χ1v) is 15.5. The molecule has 0 aliphatic heterocycles. The predicted molar refractivity (Wildman–Crippen MR) is 155 cm³/mol. The fourth-order valence-corrected chi connectivity index (χ4v) is 11.8. The van der Waals surface area contributed by atoms with Crippen LogP contribution in [0.15, 0.2) is 35.3 Å². The second kappa shape index (κ2) is 8.90. The first-order chi connectivity index (χ1) is 18.5. The molecule has 0 heterocycles. The van der Waals surface area contributed by atoms with Gasteiger partial charge in [-0.25, -0.2) is 9.59 Å². The van der Waals surface area contributed by atoms with Crippen molar-refractivity contribution < 1.29 is 14.3 Å². The Morgan fingerprint density at radius 1 is 0.872 bits per heavy atom. The molecule has 210 valence electrons. The summed E-state index contributed by atoms with van der Waals surface area (Å²) in [5.74, 6) is 2.27. The third kappa shape index (κ3) is 3.52. The van der Waals surface area contributed by atoms with Crippen LogP contribution >= 0.6 is 0 Å². The highest BCUT2D eigenvalue weighted by Crippen LogP contribution is 2.76. The van der Waals surface area contributed by atoms with Gasteiger partial charge in [-0.15, -0.1) is 0 Å². The summed E-state index contributed by atoms with van der Waals surface area (Å²) >= 11 is 0. The number of isocyanates is 1. The van der Waals surface area contributed by atoms with Gasteiger partial charge in [0.1, 0.15) is 0 Å². The molecule has 0 spiro atoms. The number of allylic oxidation sites excluding steroid dienone is 2. The van der Waals surface area contributed by atoms with Gasteiger partial charge in [0, 0.05) is 0 Å². The molecular formula is C35H47NO3. The smallest absolute Gasteiger partial charge is 0.337 e. The van der Waals surface area contributed by atoms with Crippen LogP contribution < -0.4 is 0 Å². The number of nitrogens with zero attached hydrogens (tertiary/aromatic N) is 1. The van der Waals surface area contributed by atoms with E-state index in [4.69, 9.17) is 4.74 Å². The molecule has 5 aliphatic carbocycles. The summed E-state index contributed by atoms with van der Waals surface area (Å²) in [7, 11) is 1.44. The largest absolute Gasteiger partial charge is 0.465 e. The van der Waals surface area contributed by atoms with Gasteiger partial charge in [0.25, 0.3) is 0 Å². The molecule has 7 unspecified atom stereocenters. The SMILES string of the molecule is COC(=O)c1ccc(C2=CCC3(C)C(CCC4(C)C3CCC3C5CCCC5(N=C=O)CC[C@]34C)C2(C)C)cc1. The van der Waals surface area contributed by atoms with E-state index in [-0.39, 0.29) is 22.3 Å². The van der Waals surface area contributed by atoms with Crippen LogP contribution in [0.2, 0.25) is 0 Å². The average molecular weight is 530 g/mol. The number of rotatable bonds is 3. The first-order valence-electron chi connectivity index (χ1n) is 15.5. The zero-order valence-electron chi connectivity index (χ0n) is 24.9. The zero-order valence-corrected chi connectivity index (χ0v) is 24.9. The van der Waals surface area contributed by atoms with Gasteiger partial charge >= 0.3 is 5.97 Å². The van der Waals surface area contributed by atoms with E-state index in [1.807, 2.05) is 18.2 Å². The van der Waals surface area contributed by atoms with Crippen LogP contribution in [0.4, 0.5) is 0 Å². The molecule has 0 aromatic heterocycles. The lowest BCUT2D eigenvalue weighted by Gasteiger charge is -2.72. The molecular weight excluding hydrogens is 482 g/mol. The topological polar surface area (TPSA) is 55.7 Å². The molecule has 8 atom stereocenters. The normalized spacial score (nSPS) is 44.0. The van der Waals surface area contributed by atoms with Gasteiger partial charge in [-0.1, -0.05) is 59.2 Å². The first kappa shape index (κ1) is 27.0. The van der Waals surface area contributed by atoms with E-state index in [0.29, 0.717) is 40.1 Å². The number of carbonyl (C=O) groups excluding carboxylic acids is 2. The second-order valence-electron chi connectivity index (χ2n) is 15.1. The number of hydrogen-bond donors (Lipinski definition) is 0. The van der Waals surface area contributed by atoms with Crippen LogP contribution in [0, 0.1) is 45.3 Å². The molecule has 1 aromatic carbocycles. The Labute approximate surface area is 235 Å². The van der Waals surface area contributed by atoms with E-state index in [1.165, 1.54) is 63.2 Å². The van der Waals surface area contributed by atoms with E-state index < -0.39 is 0 Å². The van der Waals surface area contributed by atoms with E-state index >= 15 is 0 Å². The molecule has 0 bridgehead atoms. The Kier molecular flexibility index (Phi) is 6.16. The Morgan fingerprint density at radius 3 is 2.31 bits per heavy atom. The Balaban J connectivity index is 1.34. The van der Waals surface area contributed by atoms with Crippen molar-refractivity contribution in [2.45, 2.75) is 104 Å². The Hall–Kier alpha value is -2.19. The van der Waals surface area contributed by atoms with Gasteiger partial charge in [0.05, 0.1) is 18.2 Å². The second-order valence-corrected chi connectivity index (χ2v) is 15.1. The van der Waals surface area contributed by atoms with Crippen molar-refractivity contribution in [3.05, 3.63) is 41.5 Å². The summed E-state index contributed by atoms with van der Waals surface area (Å²) in [4.78, 5) is 28.0. The monoisotopic (exact) mass is 529 g/mol. The van der Waals surface area contributed by atoms with E-state index in [0.717, 1.165) is 19.3 Å². The number of methoxy groups -OCH3 is 1. The van der Waals surface area contributed by atoms with Crippen LogP contribution in [0.3, 0.4) is 0 Å². The van der Waals surface area contributed by atoms with E-state index in [1.54, 1.807) is 0 Å². The lowest BCUT2D eigenvalue weighted by atomic mass is 9.33. The minimum atomic E-state index is -0.280. The van der Waals surface area contributed by atoms with Crippen molar-refractivity contribution in [3.8, 4) is 0 Å².